The first kappa shape index (κ1) is 12.8. The summed E-state index contributed by atoms with van der Waals surface area (Å²) in [6, 6.07) is 3.69. The molecule has 1 aliphatic rings. The zero-order valence-corrected chi connectivity index (χ0v) is 11.2. The molecule has 0 unspecified atom stereocenters. The van der Waals surface area contributed by atoms with Crippen LogP contribution in [0.2, 0.25) is 0 Å². The fourth-order valence-electron chi connectivity index (χ4n) is 2.44. The largest absolute Gasteiger partial charge is 0.392 e. The van der Waals surface area contributed by atoms with E-state index in [0.29, 0.717) is 0 Å². The van der Waals surface area contributed by atoms with Crippen molar-refractivity contribution in [2.45, 2.75) is 6.61 Å². The summed E-state index contributed by atoms with van der Waals surface area (Å²) in [5.41, 5.74) is 1.94. The lowest BCUT2D eigenvalue weighted by Gasteiger charge is -2.36. The first-order valence-corrected chi connectivity index (χ1v) is 6.69. The smallest absolute Gasteiger partial charge is 0.225 e. The molecular weight excluding hydrogens is 254 g/mol. The standard InChI is InChI=1S/C14H17N5O/c20-11-12-2-5-15-10-13(12)18-6-8-19(9-7-18)14-16-3-1-4-17-14/h1-5,10,20H,6-9,11H2. The molecule has 1 N–H and O–H groups in total. The number of hydrogen-bond acceptors (Lipinski definition) is 6. The van der Waals surface area contributed by atoms with E-state index < -0.39 is 0 Å². The zero-order valence-electron chi connectivity index (χ0n) is 11.2. The Hall–Kier alpha value is -2.21. The molecule has 0 aromatic carbocycles. The fourth-order valence-corrected chi connectivity index (χ4v) is 2.44. The van der Waals surface area contributed by atoms with Crippen LogP contribution in [-0.2, 0) is 6.61 Å². The summed E-state index contributed by atoms with van der Waals surface area (Å²) in [6.07, 6.45) is 7.06. The predicted molar refractivity (Wildman–Crippen MR) is 76.6 cm³/mol. The quantitative estimate of drug-likeness (QED) is 0.886. The predicted octanol–water partition coefficient (Wildman–Crippen LogP) is 0.690. The van der Waals surface area contributed by atoms with Crippen molar-refractivity contribution in [2.75, 3.05) is 36.0 Å². The summed E-state index contributed by atoms with van der Waals surface area (Å²) in [5, 5.41) is 9.39. The Bertz CT molecular complexity index is 555. The van der Waals surface area contributed by atoms with Gasteiger partial charge in [-0.1, -0.05) is 0 Å². The van der Waals surface area contributed by atoms with Crippen LogP contribution in [0.15, 0.2) is 36.9 Å². The van der Waals surface area contributed by atoms with Gasteiger partial charge in [0.15, 0.2) is 0 Å². The molecule has 3 heterocycles. The third kappa shape index (κ3) is 2.55. The van der Waals surface area contributed by atoms with Gasteiger partial charge in [0.1, 0.15) is 0 Å². The van der Waals surface area contributed by atoms with E-state index in [4.69, 9.17) is 0 Å². The van der Waals surface area contributed by atoms with E-state index in [2.05, 4.69) is 24.8 Å². The highest BCUT2D eigenvalue weighted by Crippen LogP contribution is 2.21. The van der Waals surface area contributed by atoms with E-state index in [1.807, 2.05) is 18.3 Å². The Kier molecular flexibility index (Phi) is 3.73. The van der Waals surface area contributed by atoms with E-state index in [1.54, 1.807) is 18.6 Å². The molecule has 0 spiro atoms. The third-order valence-electron chi connectivity index (χ3n) is 3.51. The second kappa shape index (κ2) is 5.83. The molecule has 1 fully saturated rings. The van der Waals surface area contributed by atoms with Crippen LogP contribution in [0.1, 0.15) is 5.56 Å². The molecule has 0 atom stereocenters. The number of rotatable bonds is 3. The minimum Gasteiger partial charge on any atom is -0.392 e. The van der Waals surface area contributed by atoms with Crippen LogP contribution in [0.5, 0.6) is 0 Å². The van der Waals surface area contributed by atoms with E-state index in [9.17, 15) is 5.11 Å². The highest BCUT2D eigenvalue weighted by Gasteiger charge is 2.20. The lowest BCUT2D eigenvalue weighted by molar-refractivity contribution is 0.282. The molecule has 6 nitrogen and oxygen atoms in total. The molecule has 0 saturated carbocycles. The second-order valence-electron chi connectivity index (χ2n) is 4.69. The van der Waals surface area contributed by atoms with E-state index in [0.717, 1.165) is 43.4 Å². The molecule has 3 rings (SSSR count). The lowest BCUT2D eigenvalue weighted by Crippen LogP contribution is -2.47. The van der Waals surface area contributed by atoms with Gasteiger partial charge in [-0.05, 0) is 12.1 Å². The number of hydrogen-bond donors (Lipinski definition) is 1. The van der Waals surface area contributed by atoms with Crippen LogP contribution < -0.4 is 9.80 Å². The molecule has 0 amide bonds. The van der Waals surface area contributed by atoms with Crippen molar-refractivity contribution >= 4 is 11.6 Å². The van der Waals surface area contributed by atoms with Crippen LogP contribution in [0.4, 0.5) is 11.6 Å². The number of nitrogens with zero attached hydrogens (tertiary/aromatic N) is 5. The number of aliphatic hydroxyl groups is 1. The molecule has 0 aliphatic carbocycles. The molecule has 1 saturated heterocycles. The molecule has 6 heteroatoms. The van der Waals surface area contributed by atoms with Gasteiger partial charge in [-0.25, -0.2) is 9.97 Å². The van der Waals surface area contributed by atoms with Crippen LogP contribution in [0.25, 0.3) is 0 Å². The normalized spacial score (nSPS) is 15.4. The highest BCUT2D eigenvalue weighted by molar-refractivity contribution is 5.52. The van der Waals surface area contributed by atoms with Crippen molar-refractivity contribution in [2.24, 2.45) is 0 Å². The molecule has 20 heavy (non-hydrogen) atoms. The minimum absolute atomic E-state index is 0.0415. The Morgan fingerprint density at radius 3 is 2.40 bits per heavy atom. The van der Waals surface area contributed by atoms with Gasteiger partial charge in [-0.3, -0.25) is 4.98 Å². The Labute approximate surface area is 117 Å². The van der Waals surface area contributed by atoms with Crippen LogP contribution in [0.3, 0.4) is 0 Å². The van der Waals surface area contributed by atoms with Gasteiger partial charge in [-0.2, -0.15) is 0 Å². The third-order valence-corrected chi connectivity index (χ3v) is 3.51. The first-order chi connectivity index (χ1) is 9.88. The fraction of sp³-hybridized carbons (Fsp3) is 0.357. The maximum Gasteiger partial charge on any atom is 0.225 e. The molecular formula is C14H17N5O. The average Bonchev–Trinajstić information content (AvgIpc) is 2.56. The van der Waals surface area contributed by atoms with E-state index in [-0.39, 0.29) is 6.61 Å². The number of aromatic nitrogens is 3. The number of aliphatic hydroxyl groups excluding tert-OH is 1. The summed E-state index contributed by atoms with van der Waals surface area (Å²) in [5.74, 6) is 0.778. The van der Waals surface area contributed by atoms with Crippen molar-refractivity contribution in [1.29, 1.82) is 0 Å². The summed E-state index contributed by atoms with van der Waals surface area (Å²) >= 11 is 0. The minimum atomic E-state index is 0.0415. The summed E-state index contributed by atoms with van der Waals surface area (Å²) in [6.45, 7) is 3.52. The van der Waals surface area contributed by atoms with Gasteiger partial charge in [0.2, 0.25) is 5.95 Å². The van der Waals surface area contributed by atoms with Gasteiger partial charge in [0, 0.05) is 50.3 Å². The lowest BCUT2D eigenvalue weighted by atomic mass is 10.2. The summed E-state index contributed by atoms with van der Waals surface area (Å²) in [7, 11) is 0. The monoisotopic (exact) mass is 271 g/mol. The topological polar surface area (TPSA) is 65.4 Å². The van der Waals surface area contributed by atoms with Crippen LogP contribution in [-0.4, -0.2) is 46.2 Å². The van der Waals surface area contributed by atoms with E-state index in [1.165, 1.54) is 0 Å². The van der Waals surface area contributed by atoms with Crippen molar-refractivity contribution < 1.29 is 5.11 Å². The Balaban J connectivity index is 1.70. The first-order valence-electron chi connectivity index (χ1n) is 6.69. The molecule has 0 bridgehead atoms. The van der Waals surface area contributed by atoms with Gasteiger partial charge >= 0.3 is 0 Å². The zero-order chi connectivity index (χ0) is 13.8. The summed E-state index contributed by atoms with van der Waals surface area (Å²) < 4.78 is 0. The molecule has 2 aromatic heterocycles. The van der Waals surface area contributed by atoms with Crippen molar-refractivity contribution in [1.82, 2.24) is 15.0 Å². The number of anilines is 2. The second-order valence-corrected chi connectivity index (χ2v) is 4.69. The van der Waals surface area contributed by atoms with Crippen molar-refractivity contribution in [3.63, 3.8) is 0 Å². The van der Waals surface area contributed by atoms with Gasteiger partial charge < -0.3 is 14.9 Å². The van der Waals surface area contributed by atoms with Crippen molar-refractivity contribution in [3.8, 4) is 0 Å². The van der Waals surface area contributed by atoms with E-state index >= 15 is 0 Å². The van der Waals surface area contributed by atoms with Crippen LogP contribution >= 0.6 is 0 Å². The van der Waals surface area contributed by atoms with Gasteiger partial charge in [0.25, 0.3) is 0 Å². The Morgan fingerprint density at radius 2 is 1.70 bits per heavy atom. The van der Waals surface area contributed by atoms with Crippen LogP contribution in [0, 0.1) is 0 Å². The molecule has 104 valence electrons. The molecule has 1 aliphatic heterocycles. The van der Waals surface area contributed by atoms with Crippen molar-refractivity contribution in [3.05, 3.63) is 42.5 Å². The summed E-state index contributed by atoms with van der Waals surface area (Å²) in [4.78, 5) is 17.1. The molecule has 2 aromatic rings. The maximum atomic E-state index is 9.39. The molecule has 0 radical (unpaired) electrons. The van der Waals surface area contributed by atoms with Gasteiger partial charge in [0.05, 0.1) is 18.5 Å². The number of piperazine rings is 1. The van der Waals surface area contributed by atoms with Gasteiger partial charge in [-0.15, -0.1) is 0 Å². The number of pyridine rings is 1. The highest BCUT2D eigenvalue weighted by atomic mass is 16.3. The SMILES string of the molecule is OCc1ccncc1N1CCN(c2ncccn2)CC1. The Morgan fingerprint density at radius 1 is 1.00 bits per heavy atom. The average molecular weight is 271 g/mol. The maximum absolute atomic E-state index is 9.39.